The van der Waals surface area contributed by atoms with Crippen LogP contribution < -0.4 is 5.32 Å². The summed E-state index contributed by atoms with van der Waals surface area (Å²) < 4.78 is 28.3. The molecule has 0 unspecified atom stereocenters. The Labute approximate surface area is 207 Å². The zero-order chi connectivity index (χ0) is 25.8. The summed E-state index contributed by atoms with van der Waals surface area (Å²) in [5, 5.41) is 11.9. The Morgan fingerprint density at radius 3 is 2.40 bits per heavy atom. The second kappa shape index (κ2) is 11.0. The highest BCUT2D eigenvalue weighted by atomic mass is 32.2. The molecule has 1 heterocycles. The van der Waals surface area contributed by atoms with Crippen LogP contribution in [0.15, 0.2) is 47.4 Å². The molecular weight excluding hydrogens is 472 g/mol. The zero-order valence-electron chi connectivity index (χ0n) is 20.2. The summed E-state index contributed by atoms with van der Waals surface area (Å²) in [6.07, 6.45) is 2.94. The van der Waals surface area contributed by atoms with Crippen molar-refractivity contribution in [3.8, 4) is 11.4 Å². The third kappa shape index (κ3) is 6.28. The lowest BCUT2D eigenvalue weighted by molar-refractivity contribution is -0.138. The van der Waals surface area contributed by atoms with Crippen LogP contribution in [0, 0.1) is 18.6 Å². The second-order valence-corrected chi connectivity index (χ2v) is 10.4. The molecule has 0 radical (unpaired) electrons. The van der Waals surface area contributed by atoms with Gasteiger partial charge in [-0.3, -0.25) is 9.59 Å². The molecule has 0 bridgehead atoms. The van der Waals surface area contributed by atoms with Crippen molar-refractivity contribution in [2.45, 2.75) is 63.1 Å². The number of carbonyl (C=O) groups excluding carboxylic acids is 1. The van der Waals surface area contributed by atoms with Gasteiger partial charge in [-0.15, -0.1) is 11.8 Å². The van der Waals surface area contributed by atoms with Crippen molar-refractivity contribution in [3.05, 3.63) is 65.5 Å². The highest BCUT2D eigenvalue weighted by Crippen LogP contribution is 2.34. The molecule has 0 spiro atoms. The van der Waals surface area contributed by atoms with Gasteiger partial charge >= 0.3 is 5.97 Å². The number of aromatic nitrogens is 2. The average Bonchev–Trinajstić information content (AvgIpc) is 3.12. The van der Waals surface area contributed by atoms with Crippen molar-refractivity contribution in [2.75, 3.05) is 5.32 Å². The highest BCUT2D eigenvalue weighted by molar-refractivity contribution is 8.01. The van der Waals surface area contributed by atoms with E-state index in [9.17, 15) is 23.5 Å². The van der Waals surface area contributed by atoms with Crippen LogP contribution in [-0.4, -0.2) is 31.3 Å². The number of carboxylic acid groups (broad SMARTS) is 1. The normalized spacial score (nSPS) is 11.5. The van der Waals surface area contributed by atoms with E-state index in [-0.39, 0.29) is 11.4 Å². The zero-order valence-corrected chi connectivity index (χ0v) is 21.0. The fourth-order valence-corrected chi connectivity index (χ4v) is 4.49. The molecule has 9 heteroatoms. The summed E-state index contributed by atoms with van der Waals surface area (Å²) in [6, 6.07) is 10.3. The number of unbranched alkanes of at least 4 members (excludes halogenated alkanes) is 2. The highest BCUT2D eigenvalue weighted by Gasteiger charge is 2.28. The Morgan fingerprint density at radius 1 is 1.11 bits per heavy atom. The molecule has 0 aliphatic heterocycles. The molecule has 0 saturated carbocycles. The standard InChI is InChI=1S/C26H29F2N3O3S/c1-5-6-7-14-31-16(2)22(24(32)29-21-13-10-18(27)15-20(21)28)30-23(31)17-8-11-19(12-9-17)35-26(3,4)25(33)34/h8-13,15H,5-7,14H2,1-4H3,(H,29,32)(H,33,34). The van der Waals surface area contributed by atoms with E-state index in [1.165, 1.54) is 17.8 Å². The number of hydrogen-bond acceptors (Lipinski definition) is 4. The van der Waals surface area contributed by atoms with Gasteiger partial charge in [-0.05, 0) is 51.5 Å². The molecule has 3 aromatic rings. The molecule has 186 valence electrons. The molecule has 0 fully saturated rings. The summed E-state index contributed by atoms with van der Waals surface area (Å²) in [6.45, 7) is 7.84. The maximum atomic E-state index is 14.1. The van der Waals surface area contributed by atoms with Gasteiger partial charge in [0.1, 0.15) is 27.9 Å². The number of halogens is 2. The first-order valence-corrected chi connectivity index (χ1v) is 12.2. The van der Waals surface area contributed by atoms with Crippen LogP contribution >= 0.6 is 11.8 Å². The van der Waals surface area contributed by atoms with Gasteiger partial charge in [-0.1, -0.05) is 31.9 Å². The van der Waals surface area contributed by atoms with Gasteiger partial charge in [0.2, 0.25) is 0 Å². The monoisotopic (exact) mass is 501 g/mol. The fourth-order valence-electron chi connectivity index (χ4n) is 3.55. The number of carbonyl (C=O) groups is 2. The Morgan fingerprint density at radius 2 is 1.80 bits per heavy atom. The molecular formula is C26H29F2N3O3S. The molecule has 1 amide bonds. The lowest BCUT2D eigenvalue weighted by Crippen LogP contribution is -2.26. The molecule has 1 aromatic heterocycles. The first kappa shape index (κ1) is 26.4. The predicted molar refractivity (Wildman–Crippen MR) is 134 cm³/mol. The van der Waals surface area contributed by atoms with Gasteiger partial charge in [0.05, 0.1) is 5.69 Å². The summed E-state index contributed by atoms with van der Waals surface area (Å²) in [5.74, 6) is -2.48. The number of carboxylic acids is 1. The molecule has 3 rings (SSSR count). The minimum absolute atomic E-state index is 0.125. The maximum absolute atomic E-state index is 14.1. The van der Waals surface area contributed by atoms with Gasteiger partial charge in [0.15, 0.2) is 0 Å². The Kier molecular flexibility index (Phi) is 8.32. The number of thioether (sulfide) groups is 1. The number of nitrogens with zero attached hydrogens (tertiary/aromatic N) is 2. The summed E-state index contributed by atoms with van der Waals surface area (Å²) in [7, 11) is 0. The topological polar surface area (TPSA) is 84.2 Å². The molecule has 6 nitrogen and oxygen atoms in total. The van der Waals surface area contributed by atoms with E-state index in [4.69, 9.17) is 0 Å². The number of nitrogens with one attached hydrogen (secondary N) is 1. The van der Waals surface area contributed by atoms with Gasteiger partial charge in [-0.2, -0.15) is 0 Å². The Hall–Kier alpha value is -3.20. The van der Waals surface area contributed by atoms with Crippen molar-refractivity contribution < 1.29 is 23.5 Å². The largest absolute Gasteiger partial charge is 0.480 e. The van der Waals surface area contributed by atoms with E-state index in [1.807, 2.05) is 28.8 Å². The molecule has 0 saturated heterocycles. The minimum atomic E-state index is -0.975. The Balaban J connectivity index is 1.93. The van der Waals surface area contributed by atoms with Gasteiger partial charge in [0.25, 0.3) is 5.91 Å². The number of imidazole rings is 1. The third-order valence-electron chi connectivity index (χ3n) is 5.60. The number of anilines is 1. The lowest BCUT2D eigenvalue weighted by atomic mass is 10.2. The average molecular weight is 502 g/mol. The number of aliphatic carboxylic acids is 1. The quantitative estimate of drug-likeness (QED) is 0.244. The van der Waals surface area contributed by atoms with Crippen LogP contribution in [-0.2, 0) is 11.3 Å². The first-order chi connectivity index (χ1) is 16.5. The van der Waals surface area contributed by atoms with Crippen LogP contribution in [0.3, 0.4) is 0 Å². The second-order valence-electron chi connectivity index (χ2n) is 8.75. The van der Waals surface area contributed by atoms with Crippen molar-refractivity contribution in [1.82, 2.24) is 9.55 Å². The summed E-state index contributed by atoms with van der Waals surface area (Å²) in [5.41, 5.74) is 1.45. The smallest absolute Gasteiger partial charge is 0.319 e. The maximum Gasteiger partial charge on any atom is 0.319 e. The van der Waals surface area contributed by atoms with E-state index in [0.29, 0.717) is 24.1 Å². The van der Waals surface area contributed by atoms with Crippen molar-refractivity contribution in [3.63, 3.8) is 0 Å². The first-order valence-electron chi connectivity index (χ1n) is 11.4. The van der Waals surface area contributed by atoms with Crippen LogP contribution in [0.5, 0.6) is 0 Å². The van der Waals surface area contributed by atoms with Crippen LogP contribution in [0.2, 0.25) is 0 Å². The van der Waals surface area contributed by atoms with Gasteiger partial charge < -0.3 is 15.0 Å². The van der Waals surface area contributed by atoms with Crippen LogP contribution in [0.1, 0.15) is 56.2 Å². The number of benzene rings is 2. The predicted octanol–water partition coefficient (Wildman–Crippen LogP) is 6.53. The number of hydrogen-bond donors (Lipinski definition) is 2. The molecule has 0 atom stereocenters. The molecule has 2 N–H and O–H groups in total. The molecule has 0 aliphatic carbocycles. The van der Waals surface area contributed by atoms with E-state index in [2.05, 4.69) is 17.2 Å². The van der Waals surface area contributed by atoms with Crippen LogP contribution in [0.25, 0.3) is 11.4 Å². The minimum Gasteiger partial charge on any atom is -0.480 e. The number of rotatable bonds is 10. The van der Waals surface area contributed by atoms with E-state index < -0.39 is 28.3 Å². The summed E-state index contributed by atoms with van der Waals surface area (Å²) in [4.78, 5) is 29.8. The van der Waals surface area contributed by atoms with E-state index in [1.54, 1.807) is 20.8 Å². The SMILES string of the molecule is CCCCCn1c(-c2ccc(SC(C)(C)C(=O)O)cc2)nc(C(=O)Nc2ccc(F)cc2F)c1C. The van der Waals surface area contributed by atoms with E-state index >= 15 is 0 Å². The molecule has 2 aromatic carbocycles. The molecule has 35 heavy (non-hydrogen) atoms. The van der Waals surface area contributed by atoms with E-state index in [0.717, 1.165) is 35.8 Å². The molecule has 0 aliphatic rings. The lowest BCUT2D eigenvalue weighted by Gasteiger charge is -2.18. The Bertz CT molecular complexity index is 1220. The van der Waals surface area contributed by atoms with Gasteiger partial charge in [-0.25, -0.2) is 13.8 Å². The summed E-state index contributed by atoms with van der Waals surface area (Å²) >= 11 is 1.24. The van der Waals surface area contributed by atoms with Crippen LogP contribution in [0.4, 0.5) is 14.5 Å². The fraction of sp³-hybridized carbons (Fsp3) is 0.346. The van der Waals surface area contributed by atoms with Crippen molar-refractivity contribution in [1.29, 1.82) is 0 Å². The number of amides is 1. The van der Waals surface area contributed by atoms with Crippen molar-refractivity contribution in [2.24, 2.45) is 0 Å². The van der Waals surface area contributed by atoms with Gasteiger partial charge in [0, 0.05) is 28.8 Å². The van der Waals surface area contributed by atoms with Crippen molar-refractivity contribution >= 4 is 29.3 Å². The third-order valence-corrected chi connectivity index (χ3v) is 6.79.